The van der Waals surface area contributed by atoms with Crippen LogP contribution < -0.4 is 21.9 Å². The van der Waals surface area contributed by atoms with Crippen LogP contribution in [-0.2, 0) is 13.1 Å². The first-order chi connectivity index (χ1) is 19.3. The third-order valence-electron chi connectivity index (χ3n) is 8.68. The van der Waals surface area contributed by atoms with Crippen molar-refractivity contribution in [3.05, 3.63) is 97.8 Å². The Kier molecular flexibility index (Phi) is 8.51. The van der Waals surface area contributed by atoms with Gasteiger partial charge in [0.05, 0.1) is 13.1 Å². The van der Waals surface area contributed by atoms with Crippen LogP contribution in [0.3, 0.4) is 0 Å². The van der Waals surface area contributed by atoms with Crippen LogP contribution in [0.1, 0.15) is 61.9 Å². The number of rotatable bonds is 7. The van der Waals surface area contributed by atoms with Gasteiger partial charge in [0.2, 0.25) is 0 Å². The molecule has 2 aromatic carbocycles. The average Bonchev–Trinajstić information content (AvgIpc) is 2.96. The lowest BCUT2D eigenvalue weighted by Gasteiger charge is -2.45. The summed E-state index contributed by atoms with van der Waals surface area (Å²) in [5.74, 6) is -1.47. The maximum Gasteiger partial charge on any atom is 0.331 e. The largest absolute Gasteiger partial charge is 0.360 e. The van der Waals surface area contributed by atoms with Crippen LogP contribution in [0.5, 0.6) is 0 Å². The fraction of sp³-hybridized carbons (Fsp3) is 0.484. The van der Waals surface area contributed by atoms with E-state index in [1.165, 1.54) is 54.9 Å². The summed E-state index contributed by atoms with van der Waals surface area (Å²) in [4.78, 5) is 32.4. The van der Waals surface area contributed by atoms with E-state index in [4.69, 9.17) is 5.73 Å². The van der Waals surface area contributed by atoms with E-state index in [-0.39, 0.29) is 24.7 Å². The van der Waals surface area contributed by atoms with Crippen LogP contribution in [0, 0.1) is 18.6 Å². The molecule has 0 bridgehead atoms. The molecule has 7 nitrogen and oxygen atoms in total. The maximum atomic E-state index is 14.7. The van der Waals surface area contributed by atoms with Gasteiger partial charge in [-0.25, -0.2) is 13.6 Å². The van der Waals surface area contributed by atoms with Gasteiger partial charge in [-0.2, -0.15) is 0 Å². The van der Waals surface area contributed by atoms with Gasteiger partial charge in [0, 0.05) is 49.0 Å². The normalized spacial score (nSPS) is 19.6. The summed E-state index contributed by atoms with van der Waals surface area (Å²) >= 11 is 0. The first-order valence-electron chi connectivity index (χ1n) is 14.3. The van der Waals surface area contributed by atoms with E-state index in [1.54, 1.807) is 6.92 Å². The Morgan fingerprint density at radius 3 is 2.25 bits per heavy atom. The van der Waals surface area contributed by atoms with Gasteiger partial charge >= 0.3 is 5.69 Å². The molecular weight excluding hydrogens is 512 g/mol. The highest BCUT2D eigenvalue weighted by Gasteiger charge is 2.33. The van der Waals surface area contributed by atoms with E-state index in [0.717, 1.165) is 23.2 Å². The Labute approximate surface area is 233 Å². The second-order valence-electron chi connectivity index (χ2n) is 11.3. The fourth-order valence-corrected chi connectivity index (χ4v) is 6.40. The van der Waals surface area contributed by atoms with Crippen molar-refractivity contribution < 1.29 is 8.78 Å². The van der Waals surface area contributed by atoms with Gasteiger partial charge in [-0.3, -0.25) is 18.8 Å². The van der Waals surface area contributed by atoms with Gasteiger partial charge in [-0.15, -0.1) is 0 Å². The van der Waals surface area contributed by atoms with E-state index < -0.39 is 28.9 Å². The zero-order valence-electron chi connectivity index (χ0n) is 23.4. The molecule has 2 fully saturated rings. The lowest BCUT2D eigenvalue weighted by atomic mass is 9.93. The molecule has 1 saturated heterocycles. The van der Waals surface area contributed by atoms with Crippen molar-refractivity contribution in [2.45, 2.75) is 77.2 Å². The molecule has 2 atom stereocenters. The van der Waals surface area contributed by atoms with E-state index in [0.29, 0.717) is 24.0 Å². The molecule has 0 amide bonds. The molecule has 0 spiro atoms. The predicted octanol–water partition coefficient (Wildman–Crippen LogP) is 4.19. The number of piperazine rings is 1. The van der Waals surface area contributed by atoms with Crippen molar-refractivity contribution in [1.29, 1.82) is 0 Å². The van der Waals surface area contributed by atoms with Gasteiger partial charge in [-0.05, 0) is 44.4 Å². The zero-order valence-corrected chi connectivity index (χ0v) is 23.4. The van der Waals surface area contributed by atoms with Gasteiger partial charge in [0.1, 0.15) is 17.3 Å². The molecule has 1 aliphatic carbocycles. The third kappa shape index (κ3) is 5.63. The van der Waals surface area contributed by atoms with Crippen molar-refractivity contribution >= 4 is 5.69 Å². The summed E-state index contributed by atoms with van der Waals surface area (Å²) in [5.41, 5.74) is 6.78. The molecule has 2 aliphatic rings. The Balaban J connectivity index is 1.56. The Hall–Kier alpha value is -3.30. The summed E-state index contributed by atoms with van der Waals surface area (Å²) in [6.45, 7) is 5.68. The van der Waals surface area contributed by atoms with E-state index in [1.807, 2.05) is 30.3 Å². The molecule has 40 heavy (non-hydrogen) atoms. The molecule has 0 radical (unpaired) electrons. The SMILES string of the molecule is Cc1c(N2CCN(C3CCCCC3)CC2C)c(=O)n(C[C@H](N)c2ccccc2)c(=O)n1Cc1c(F)cccc1F. The van der Waals surface area contributed by atoms with E-state index in [9.17, 15) is 18.4 Å². The molecule has 2 heterocycles. The van der Waals surface area contributed by atoms with Crippen molar-refractivity contribution in [2.75, 3.05) is 24.5 Å². The summed E-state index contributed by atoms with van der Waals surface area (Å²) in [6.07, 6.45) is 6.20. The van der Waals surface area contributed by atoms with Crippen molar-refractivity contribution in [1.82, 2.24) is 14.0 Å². The first kappa shape index (κ1) is 28.2. The number of hydrogen-bond donors (Lipinski definition) is 1. The van der Waals surface area contributed by atoms with Gasteiger partial charge in [0.25, 0.3) is 5.56 Å². The Morgan fingerprint density at radius 2 is 1.60 bits per heavy atom. The Morgan fingerprint density at radius 1 is 0.925 bits per heavy atom. The number of nitrogens with zero attached hydrogens (tertiary/aromatic N) is 4. The summed E-state index contributed by atoms with van der Waals surface area (Å²) < 4.78 is 31.8. The molecule has 1 aromatic heterocycles. The fourth-order valence-electron chi connectivity index (χ4n) is 6.40. The second-order valence-corrected chi connectivity index (χ2v) is 11.3. The van der Waals surface area contributed by atoms with Gasteiger partial charge < -0.3 is 10.6 Å². The monoisotopic (exact) mass is 551 g/mol. The molecule has 9 heteroatoms. The number of benzene rings is 2. The molecule has 214 valence electrons. The number of halogens is 2. The minimum atomic E-state index is -0.735. The molecule has 3 aromatic rings. The molecule has 2 N–H and O–H groups in total. The zero-order chi connectivity index (χ0) is 28.4. The molecule has 1 aliphatic heterocycles. The van der Waals surface area contributed by atoms with Crippen LogP contribution in [0.15, 0.2) is 58.1 Å². The van der Waals surface area contributed by atoms with Crippen molar-refractivity contribution in [2.24, 2.45) is 5.73 Å². The minimum Gasteiger partial charge on any atom is -0.360 e. The minimum absolute atomic E-state index is 0.0227. The van der Waals surface area contributed by atoms with Crippen molar-refractivity contribution in [3.8, 4) is 0 Å². The quantitative estimate of drug-likeness (QED) is 0.477. The highest BCUT2D eigenvalue weighted by molar-refractivity contribution is 5.51. The number of aromatic nitrogens is 2. The standard InChI is InChI=1S/C31H39F2N5O2/c1-21-18-35(24-12-7-4-8-13-24)16-17-36(21)29-22(2)37(19-25-26(32)14-9-15-27(25)33)31(40)38(30(29)39)20-28(34)23-10-5-3-6-11-23/h3,5-6,9-11,14-15,21,24,28H,4,7-8,12-13,16-20,34H2,1-2H3/t21?,28-/m0/s1. The van der Waals surface area contributed by atoms with E-state index >= 15 is 0 Å². The molecule has 1 saturated carbocycles. The van der Waals surface area contributed by atoms with Crippen LogP contribution >= 0.6 is 0 Å². The van der Waals surface area contributed by atoms with Crippen LogP contribution in [-0.4, -0.2) is 45.8 Å². The predicted molar refractivity (Wildman–Crippen MR) is 154 cm³/mol. The molecular formula is C31H39F2N5O2. The highest BCUT2D eigenvalue weighted by Crippen LogP contribution is 2.27. The average molecular weight is 552 g/mol. The van der Waals surface area contributed by atoms with Crippen LogP contribution in [0.4, 0.5) is 14.5 Å². The number of nitrogens with two attached hydrogens (primary N) is 1. The smallest absolute Gasteiger partial charge is 0.331 e. The lowest BCUT2D eigenvalue weighted by molar-refractivity contribution is 0.131. The summed E-state index contributed by atoms with van der Waals surface area (Å²) in [7, 11) is 0. The van der Waals surface area contributed by atoms with Gasteiger partial charge in [0.15, 0.2) is 0 Å². The Bertz CT molecular complexity index is 1430. The highest BCUT2D eigenvalue weighted by atomic mass is 19.1. The number of anilines is 1. The van der Waals surface area contributed by atoms with Crippen LogP contribution in [0.25, 0.3) is 0 Å². The summed E-state index contributed by atoms with van der Waals surface area (Å²) in [5, 5.41) is 0. The number of hydrogen-bond acceptors (Lipinski definition) is 5. The van der Waals surface area contributed by atoms with Gasteiger partial charge in [-0.1, -0.05) is 55.7 Å². The van der Waals surface area contributed by atoms with E-state index in [2.05, 4.69) is 16.7 Å². The lowest BCUT2D eigenvalue weighted by Crippen LogP contribution is -2.57. The maximum absolute atomic E-state index is 14.7. The van der Waals surface area contributed by atoms with Crippen LogP contribution in [0.2, 0.25) is 0 Å². The summed E-state index contributed by atoms with van der Waals surface area (Å²) in [6, 6.07) is 12.9. The second kappa shape index (κ2) is 12.1. The first-order valence-corrected chi connectivity index (χ1v) is 14.3. The topological polar surface area (TPSA) is 76.5 Å². The molecule has 5 rings (SSSR count). The third-order valence-corrected chi connectivity index (χ3v) is 8.68. The molecule has 1 unspecified atom stereocenters. The van der Waals surface area contributed by atoms with Crippen molar-refractivity contribution in [3.63, 3.8) is 0 Å².